The number of hydrogen-bond acceptors (Lipinski definition) is 5. The highest BCUT2D eigenvalue weighted by Crippen LogP contribution is 2.37. The molecule has 0 unspecified atom stereocenters. The lowest BCUT2D eigenvalue weighted by Gasteiger charge is -2.31. The van der Waals surface area contributed by atoms with Gasteiger partial charge in [-0.2, -0.15) is 0 Å². The Morgan fingerprint density at radius 1 is 1.20 bits per heavy atom. The number of aromatic amines is 1. The lowest BCUT2D eigenvalue weighted by atomic mass is 9.88. The van der Waals surface area contributed by atoms with E-state index in [1.54, 1.807) is 17.4 Å². The van der Waals surface area contributed by atoms with Gasteiger partial charge in [-0.15, -0.1) is 0 Å². The van der Waals surface area contributed by atoms with E-state index < -0.39 is 15.9 Å². The van der Waals surface area contributed by atoms with Crippen LogP contribution in [0, 0.1) is 5.92 Å². The van der Waals surface area contributed by atoms with Crippen LogP contribution < -0.4 is 11.1 Å². The molecule has 0 atom stereocenters. The Hall–Kier alpha value is -2.75. The second-order valence-corrected chi connectivity index (χ2v) is 12.0. The van der Waals surface area contributed by atoms with Crippen LogP contribution in [0.3, 0.4) is 0 Å². The average Bonchev–Trinajstić information content (AvgIpc) is 3.27. The fourth-order valence-corrected chi connectivity index (χ4v) is 5.96. The molecule has 35 heavy (non-hydrogen) atoms. The van der Waals surface area contributed by atoms with E-state index in [0.29, 0.717) is 24.6 Å². The minimum atomic E-state index is -3.18. The normalized spacial score (nSPS) is 15.8. The van der Waals surface area contributed by atoms with E-state index in [1.807, 2.05) is 18.5 Å². The number of aromatic nitrogens is 2. The van der Waals surface area contributed by atoms with Gasteiger partial charge in [-0.25, -0.2) is 12.7 Å². The number of carbonyl (C=O) groups is 1. The predicted octanol–water partition coefficient (Wildman–Crippen LogP) is 3.60. The lowest BCUT2D eigenvalue weighted by molar-refractivity contribution is 0.100. The number of fused-ring (bicyclic) bond motifs is 1. The number of rotatable bonds is 9. The number of nitrogens with zero attached hydrogens (tertiary/aromatic N) is 2. The number of nitrogens with two attached hydrogens (primary N) is 1. The van der Waals surface area contributed by atoms with Crippen LogP contribution >= 0.6 is 0 Å². The smallest absolute Gasteiger partial charge is 0.250 e. The number of primary amides is 1. The van der Waals surface area contributed by atoms with Gasteiger partial charge in [0.1, 0.15) is 0 Å². The van der Waals surface area contributed by atoms with Gasteiger partial charge in [0.15, 0.2) is 0 Å². The molecule has 1 aromatic carbocycles. The topological polar surface area (TPSA) is 121 Å². The number of piperidine rings is 1. The summed E-state index contributed by atoms with van der Waals surface area (Å²) in [4.78, 5) is 20.0. The molecule has 4 rings (SSSR count). The maximum atomic E-state index is 12.3. The Kier molecular flexibility index (Phi) is 7.59. The van der Waals surface area contributed by atoms with Crippen LogP contribution in [0.25, 0.3) is 22.0 Å². The second kappa shape index (κ2) is 10.5. The van der Waals surface area contributed by atoms with Crippen LogP contribution in [-0.2, 0) is 16.6 Å². The first-order valence-corrected chi connectivity index (χ1v) is 13.9. The molecular weight excluding hydrogens is 462 g/mol. The Labute approximate surface area is 207 Å². The minimum Gasteiger partial charge on any atom is -0.366 e. The lowest BCUT2D eigenvalue weighted by Crippen LogP contribution is -2.38. The molecule has 1 saturated heterocycles. The Balaban J connectivity index is 1.66. The van der Waals surface area contributed by atoms with Gasteiger partial charge in [-0.1, -0.05) is 13.8 Å². The van der Waals surface area contributed by atoms with Gasteiger partial charge in [-0.3, -0.25) is 9.78 Å². The molecule has 1 aliphatic rings. The van der Waals surface area contributed by atoms with Crippen molar-refractivity contribution in [3.05, 3.63) is 53.5 Å². The summed E-state index contributed by atoms with van der Waals surface area (Å²) in [5.74, 6) is 0.396. The van der Waals surface area contributed by atoms with Crippen molar-refractivity contribution >= 4 is 26.8 Å². The summed E-state index contributed by atoms with van der Waals surface area (Å²) in [6.45, 7) is 8.67. The van der Waals surface area contributed by atoms with Gasteiger partial charge in [0.2, 0.25) is 10.0 Å². The standard InChI is InChI=1S/C26H35N5O3S/c1-4-35(33,34)31-7-5-19(6-8-31)24-16-30-25-22(24)10-20(11-23(25)26(27)32)21-9-18(14-29-15-21)13-28-12-17(2)3/h9-11,14-17,19,28,30H,4-8,12-13H2,1-3H3,(H2,27,32). The van der Waals surface area contributed by atoms with E-state index >= 15 is 0 Å². The molecule has 3 aromatic rings. The van der Waals surface area contributed by atoms with Gasteiger partial charge in [-0.05, 0) is 73.0 Å². The van der Waals surface area contributed by atoms with Gasteiger partial charge >= 0.3 is 0 Å². The fraction of sp³-hybridized carbons (Fsp3) is 0.462. The quantitative estimate of drug-likeness (QED) is 0.417. The summed E-state index contributed by atoms with van der Waals surface area (Å²) < 4.78 is 26.1. The van der Waals surface area contributed by atoms with Crippen molar-refractivity contribution in [3.63, 3.8) is 0 Å². The third kappa shape index (κ3) is 5.58. The van der Waals surface area contributed by atoms with Gasteiger partial charge in [0.25, 0.3) is 5.91 Å². The maximum absolute atomic E-state index is 12.3. The molecule has 0 saturated carbocycles. The van der Waals surface area contributed by atoms with Gasteiger partial charge in [0, 0.05) is 49.2 Å². The van der Waals surface area contributed by atoms with Crippen molar-refractivity contribution in [3.8, 4) is 11.1 Å². The average molecular weight is 498 g/mol. The molecule has 8 nitrogen and oxygen atoms in total. The number of sulfonamides is 1. The van der Waals surface area contributed by atoms with Gasteiger partial charge < -0.3 is 16.0 Å². The van der Waals surface area contributed by atoms with Crippen LogP contribution in [0.2, 0.25) is 0 Å². The molecule has 188 valence electrons. The third-order valence-corrected chi connectivity index (χ3v) is 8.63. The van der Waals surface area contributed by atoms with E-state index in [0.717, 1.165) is 59.1 Å². The number of H-pyrrole nitrogens is 1. The number of carbonyl (C=O) groups excluding carboxylic acids is 1. The van der Waals surface area contributed by atoms with Crippen molar-refractivity contribution < 1.29 is 13.2 Å². The fourth-order valence-electron chi connectivity index (χ4n) is 4.83. The second-order valence-electron chi connectivity index (χ2n) is 9.74. The Morgan fingerprint density at radius 3 is 2.60 bits per heavy atom. The first-order chi connectivity index (χ1) is 16.7. The van der Waals surface area contributed by atoms with Crippen LogP contribution in [0.4, 0.5) is 0 Å². The Morgan fingerprint density at radius 2 is 1.94 bits per heavy atom. The SMILES string of the molecule is CCS(=O)(=O)N1CCC(c2c[nH]c3c(C(N)=O)cc(-c4cncc(CNCC(C)C)c4)cc23)CC1. The maximum Gasteiger partial charge on any atom is 0.250 e. The first kappa shape index (κ1) is 25.3. The molecule has 0 radical (unpaired) electrons. The monoisotopic (exact) mass is 497 g/mol. The molecule has 3 heterocycles. The van der Waals surface area contributed by atoms with Crippen molar-refractivity contribution in [2.45, 2.75) is 46.1 Å². The van der Waals surface area contributed by atoms with E-state index in [-0.39, 0.29) is 11.7 Å². The van der Waals surface area contributed by atoms with Crippen LogP contribution in [-0.4, -0.2) is 54.0 Å². The summed E-state index contributed by atoms with van der Waals surface area (Å²) >= 11 is 0. The van der Waals surface area contributed by atoms with Gasteiger partial charge in [0.05, 0.1) is 16.8 Å². The summed E-state index contributed by atoms with van der Waals surface area (Å²) in [7, 11) is -3.18. The number of nitrogens with one attached hydrogen (secondary N) is 2. The number of pyridine rings is 1. The van der Waals surface area contributed by atoms with Crippen LogP contribution in [0.15, 0.2) is 36.8 Å². The highest BCUT2D eigenvalue weighted by atomic mass is 32.2. The zero-order valence-corrected chi connectivity index (χ0v) is 21.5. The summed E-state index contributed by atoms with van der Waals surface area (Å²) in [6, 6.07) is 6.00. The largest absolute Gasteiger partial charge is 0.366 e. The molecule has 0 spiro atoms. The number of amides is 1. The van der Waals surface area contributed by atoms with Crippen molar-refractivity contribution in [1.29, 1.82) is 0 Å². The molecular formula is C26H35N5O3S. The molecule has 4 N–H and O–H groups in total. The molecule has 9 heteroatoms. The molecule has 1 aliphatic heterocycles. The molecule has 1 amide bonds. The molecule has 2 aromatic heterocycles. The highest BCUT2D eigenvalue weighted by Gasteiger charge is 2.29. The number of benzene rings is 1. The van der Waals surface area contributed by atoms with Crippen molar-refractivity contribution in [2.24, 2.45) is 11.7 Å². The zero-order valence-electron chi connectivity index (χ0n) is 20.7. The van der Waals surface area contributed by atoms with E-state index in [9.17, 15) is 13.2 Å². The summed E-state index contributed by atoms with van der Waals surface area (Å²) in [5, 5.41) is 4.39. The van der Waals surface area contributed by atoms with Crippen molar-refractivity contribution in [1.82, 2.24) is 19.6 Å². The third-order valence-electron chi connectivity index (χ3n) is 6.75. The van der Waals surface area contributed by atoms with Crippen molar-refractivity contribution in [2.75, 3.05) is 25.4 Å². The number of hydrogen-bond donors (Lipinski definition) is 3. The molecule has 0 aliphatic carbocycles. The van der Waals surface area contributed by atoms with Crippen LogP contribution in [0.5, 0.6) is 0 Å². The van der Waals surface area contributed by atoms with Crippen LogP contribution in [0.1, 0.15) is 61.0 Å². The molecule has 1 fully saturated rings. The summed E-state index contributed by atoms with van der Waals surface area (Å²) in [5.41, 5.74) is 10.9. The molecule has 0 bridgehead atoms. The highest BCUT2D eigenvalue weighted by molar-refractivity contribution is 7.89. The zero-order chi connectivity index (χ0) is 25.2. The minimum absolute atomic E-state index is 0.121. The van der Waals surface area contributed by atoms with E-state index in [1.165, 1.54) is 0 Å². The van der Waals surface area contributed by atoms with E-state index in [4.69, 9.17) is 5.73 Å². The Bertz CT molecular complexity index is 1310. The first-order valence-electron chi connectivity index (χ1n) is 12.3. The summed E-state index contributed by atoms with van der Waals surface area (Å²) in [6.07, 6.45) is 7.07. The predicted molar refractivity (Wildman–Crippen MR) is 140 cm³/mol. The van der Waals surface area contributed by atoms with E-state index in [2.05, 4.69) is 41.3 Å².